The number of carbonyl (C=O) groups is 1. The fraction of sp³-hybridized carbons (Fsp3) is 0.176. The Kier molecular flexibility index (Phi) is 4.57. The summed E-state index contributed by atoms with van der Waals surface area (Å²) in [6.45, 7) is 2.36. The Labute approximate surface area is 123 Å². The van der Waals surface area contributed by atoms with E-state index in [0.29, 0.717) is 23.5 Å². The van der Waals surface area contributed by atoms with Gasteiger partial charge in [-0.2, -0.15) is 5.26 Å². The van der Waals surface area contributed by atoms with Gasteiger partial charge in [0.05, 0.1) is 24.3 Å². The van der Waals surface area contributed by atoms with E-state index in [1.807, 2.05) is 19.1 Å². The van der Waals surface area contributed by atoms with Crippen LogP contribution in [0, 0.1) is 18.3 Å². The van der Waals surface area contributed by atoms with Crippen LogP contribution in [0.25, 0.3) is 0 Å². The molecule has 106 valence electrons. The van der Waals surface area contributed by atoms with Gasteiger partial charge in [-0.25, -0.2) is 4.79 Å². The molecule has 0 aliphatic rings. The van der Waals surface area contributed by atoms with Gasteiger partial charge in [0.25, 0.3) is 0 Å². The highest BCUT2D eigenvalue weighted by Crippen LogP contribution is 2.17. The molecule has 0 amide bonds. The molecule has 0 spiro atoms. The SMILES string of the molecule is COC(=O)c1ccc(OCc2ccc(C#N)cc2C)cc1. The topological polar surface area (TPSA) is 59.3 Å². The maximum absolute atomic E-state index is 11.3. The molecule has 21 heavy (non-hydrogen) atoms. The van der Waals surface area contributed by atoms with Gasteiger partial charge in [-0.15, -0.1) is 0 Å². The zero-order valence-corrected chi connectivity index (χ0v) is 11.9. The summed E-state index contributed by atoms with van der Waals surface area (Å²) >= 11 is 0. The lowest BCUT2D eigenvalue weighted by molar-refractivity contribution is 0.0600. The molecule has 0 aromatic heterocycles. The maximum atomic E-state index is 11.3. The minimum atomic E-state index is -0.371. The zero-order valence-electron chi connectivity index (χ0n) is 11.9. The molecular weight excluding hydrogens is 266 g/mol. The predicted octanol–water partition coefficient (Wildman–Crippen LogP) is 3.23. The first-order valence-corrected chi connectivity index (χ1v) is 6.45. The molecule has 0 atom stereocenters. The number of esters is 1. The van der Waals surface area contributed by atoms with Crippen molar-refractivity contribution in [3.63, 3.8) is 0 Å². The summed E-state index contributed by atoms with van der Waals surface area (Å²) in [6.07, 6.45) is 0. The average Bonchev–Trinajstić information content (AvgIpc) is 2.53. The van der Waals surface area contributed by atoms with Gasteiger partial charge in [0.15, 0.2) is 0 Å². The Morgan fingerprint density at radius 1 is 1.19 bits per heavy atom. The number of hydrogen-bond acceptors (Lipinski definition) is 4. The summed E-state index contributed by atoms with van der Waals surface area (Å²) in [6, 6.07) is 14.4. The summed E-state index contributed by atoms with van der Waals surface area (Å²) < 4.78 is 10.3. The van der Waals surface area contributed by atoms with Gasteiger partial charge in [0.2, 0.25) is 0 Å². The lowest BCUT2D eigenvalue weighted by Gasteiger charge is -2.09. The molecule has 0 bridgehead atoms. The van der Waals surface area contributed by atoms with E-state index in [4.69, 9.17) is 10.00 Å². The van der Waals surface area contributed by atoms with Crippen molar-refractivity contribution in [2.75, 3.05) is 7.11 Å². The van der Waals surface area contributed by atoms with Crippen molar-refractivity contribution < 1.29 is 14.3 Å². The van der Waals surface area contributed by atoms with Crippen molar-refractivity contribution >= 4 is 5.97 Å². The van der Waals surface area contributed by atoms with Crippen LogP contribution in [0.4, 0.5) is 0 Å². The van der Waals surface area contributed by atoms with Crippen LogP contribution in [0.1, 0.15) is 27.0 Å². The number of methoxy groups -OCH3 is 1. The van der Waals surface area contributed by atoms with Crippen LogP contribution in [-0.4, -0.2) is 13.1 Å². The first-order chi connectivity index (χ1) is 10.1. The van der Waals surface area contributed by atoms with Gasteiger partial charge in [-0.1, -0.05) is 6.07 Å². The summed E-state index contributed by atoms with van der Waals surface area (Å²) in [5.41, 5.74) is 3.16. The van der Waals surface area contributed by atoms with E-state index in [0.717, 1.165) is 11.1 Å². The fourth-order valence-electron chi connectivity index (χ4n) is 1.89. The lowest BCUT2D eigenvalue weighted by Crippen LogP contribution is -2.01. The molecule has 0 fully saturated rings. The highest BCUT2D eigenvalue weighted by atomic mass is 16.5. The van der Waals surface area contributed by atoms with E-state index >= 15 is 0 Å². The number of aryl methyl sites for hydroxylation is 1. The van der Waals surface area contributed by atoms with Gasteiger partial charge in [0.1, 0.15) is 12.4 Å². The number of rotatable bonds is 4. The number of benzene rings is 2. The molecule has 0 saturated carbocycles. The standard InChI is InChI=1S/C17H15NO3/c1-12-9-13(10-18)3-4-15(12)11-21-16-7-5-14(6-8-16)17(19)20-2/h3-9H,11H2,1-2H3. The Bertz CT molecular complexity index is 684. The Hall–Kier alpha value is -2.80. The average molecular weight is 281 g/mol. The summed E-state index contributed by atoms with van der Waals surface area (Å²) in [5, 5.41) is 8.83. The van der Waals surface area contributed by atoms with E-state index in [2.05, 4.69) is 10.8 Å². The lowest BCUT2D eigenvalue weighted by atomic mass is 10.1. The van der Waals surface area contributed by atoms with Crippen LogP contribution in [0.15, 0.2) is 42.5 Å². The molecule has 0 aliphatic carbocycles. The third kappa shape index (κ3) is 3.61. The van der Waals surface area contributed by atoms with Crippen molar-refractivity contribution in [1.29, 1.82) is 5.26 Å². The second-order valence-corrected chi connectivity index (χ2v) is 4.56. The van der Waals surface area contributed by atoms with E-state index in [-0.39, 0.29) is 5.97 Å². The summed E-state index contributed by atoms with van der Waals surface area (Å²) in [7, 11) is 1.35. The molecular formula is C17H15NO3. The quantitative estimate of drug-likeness (QED) is 0.807. The number of hydrogen-bond donors (Lipinski definition) is 0. The van der Waals surface area contributed by atoms with E-state index in [1.165, 1.54) is 7.11 Å². The molecule has 4 heteroatoms. The van der Waals surface area contributed by atoms with Crippen LogP contribution in [0.2, 0.25) is 0 Å². The summed E-state index contributed by atoms with van der Waals surface area (Å²) in [5.74, 6) is 0.302. The van der Waals surface area contributed by atoms with Gasteiger partial charge in [-0.05, 0) is 54.4 Å². The highest BCUT2D eigenvalue weighted by molar-refractivity contribution is 5.89. The Balaban J connectivity index is 2.03. The summed E-state index contributed by atoms with van der Waals surface area (Å²) in [4.78, 5) is 11.3. The van der Waals surface area contributed by atoms with Crippen molar-refractivity contribution in [3.05, 3.63) is 64.7 Å². The molecule has 2 aromatic rings. The number of carbonyl (C=O) groups excluding carboxylic acids is 1. The smallest absolute Gasteiger partial charge is 0.337 e. The minimum absolute atomic E-state index is 0.371. The van der Waals surface area contributed by atoms with E-state index < -0.39 is 0 Å². The van der Waals surface area contributed by atoms with Crippen molar-refractivity contribution in [2.45, 2.75) is 13.5 Å². The third-order valence-corrected chi connectivity index (χ3v) is 3.14. The molecule has 0 saturated heterocycles. The maximum Gasteiger partial charge on any atom is 0.337 e. The predicted molar refractivity (Wildman–Crippen MR) is 78.0 cm³/mol. The number of nitrogens with zero attached hydrogens (tertiary/aromatic N) is 1. The molecule has 2 rings (SSSR count). The van der Waals surface area contributed by atoms with Crippen molar-refractivity contribution in [1.82, 2.24) is 0 Å². The van der Waals surface area contributed by atoms with Crippen LogP contribution < -0.4 is 4.74 Å². The second-order valence-electron chi connectivity index (χ2n) is 4.56. The molecule has 4 nitrogen and oxygen atoms in total. The normalized spacial score (nSPS) is 9.76. The minimum Gasteiger partial charge on any atom is -0.489 e. The fourth-order valence-corrected chi connectivity index (χ4v) is 1.89. The van der Waals surface area contributed by atoms with Gasteiger partial charge >= 0.3 is 5.97 Å². The molecule has 0 heterocycles. The van der Waals surface area contributed by atoms with Crippen LogP contribution in [0.5, 0.6) is 5.75 Å². The van der Waals surface area contributed by atoms with Crippen LogP contribution >= 0.6 is 0 Å². The zero-order chi connectivity index (χ0) is 15.2. The molecule has 0 N–H and O–H groups in total. The first-order valence-electron chi connectivity index (χ1n) is 6.45. The molecule has 0 unspecified atom stereocenters. The molecule has 2 aromatic carbocycles. The largest absolute Gasteiger partial charge is 0.489 e. The van der Waals surface area contributed by atoms with Gasteiger partial charge < -0.3 is 9.47 Å². The number of nitriles is 1. The van der Waals surface area contributed by atoms with Gasteiger partial charge in [-0.3, -0.25) is 0 Å². The van der Waals surface area contributed by atoms with Crippen molar-refractivity contribution in [2.24, 2.45) is 0 Å². The number of ether oxygens (including phenoxy) is 2. The third-order valence-electron chi connectivity index (χ3n) is 3.14. The van der Waals surface area contributed by atoms with Crippen LogP contribution in [-0.2, 0) is 11.3 Å². The van der Waals surface area contributed by atoms with Gasteiger partial charge in [0, 0.05) is 0 Å². The monoisotopic (exact) mass is 281 g/mol. The highest BCUT2D eigenvalue weighted by Gasteiger charge is 2.05. The van der Waals surface area contributed by atoms with Crippen molar-refractivity contribution in [3.8, 4) is 11.8 Å². The van der Waals surface area contributed by atoms with Crippen LogP contribution in [0.3, 0.4) is 0 Å². The van der Waals surface area contributed by atoms with E-state index in [1.54, 1.807) is 30.3 Å². The molecule has 0 radical (unpaired) electrons. The Morgan fingerprint density at radius 2 is 1.90 bits per heavy atom. The molecule has 0 aliphatic heterocycles. The first kappa shape index (κ1) is 14.6. The Morgan fingerprint density at radius 3 is 2.48 bits per heavy atom. The second kappa shape index (κ2) is 6.58. The van der Waals surface area contributed by atoms with E-state index in [9.17, 15) is 4.79 Å².